The van der Waals surface area contributed by atoms with E-state index in [1.54, 1.807) is 0 Å². The van der Waals surface area contributed by atoms with Crippen molar-refractivity contribution in [3.63, 3.8) is 0 Å². The Balaban J connectivity index is 1.89. The fraction of sp³-hybridized carbons (Fsp3) is 0.882. The SMILES string of the molecule is CC(C)C1(C)C=CC(C)(C(C)(C)C23CCC(C2)SS3)SS1. The van der Waals surface area contributed by atoms with Crippen LogP contribution in [0.1, 0.15) is 60.8 Å². The lowest BCUT2D eigenvalue weighted by Crippen LogP contribution is -2.52. The van der Waals surface area contributed by atoms with Gasteiger partial charge in [-0.05, 0) is 44.4 Å². The van der Waals surface area contributed by atoms with Gasteiger partial charge in [-0.1, -0.05) is 83.0 Å². The second-order valence-corrected chi connectivity index (χ2v) is 14.1. The van der Waals surface area contributed by atoms with Gasteiger partial charge in [0, 0.05) is 19.5 Å². The van der Waals surface area contributed by atoms with E-state index in [0.29, 0.717) is 16.1 Å². The first-order valence-corrected chi connectivity index (χ1v) is 12.4. The third-order valence-corrected chi connectivity index (χ3v) is 14.9. The Bertz CT molecular complexity index is 448. The molecule has 1 saturated carbocycles. The summed E-state index contributed by atoms with van der Waals surface area (Å²) in [7, 11) is 8.60. The summed E-state index contributed by atoms with van der Waals surface area (Å²) in [4.78, 5) is 0. The summed E-state index contributed by atoms with van der Waals surface area (Å²) in [6.45, 7) is 14.6. The Morgan fingerprint density at radius 2 is 1.81 bits per heavy atom. The van der Waals surface area contributed by atoms with Crippen molar-refractivity contribution in [2.75, 3.05) is 0 Å². The molecule has 1 aliphatic carbocycles. The highest BCUT2D eigenvalue weighted by Crippen LogP contribution is 2.72. The molecule has 0 radical (unpaired) electrons. The third kappa shape index (κ3) is 2.46. The molecule has 2 aliphatic heterocycles. The molecule has 2 heterocycles. The molecule has 0 N–H and O–H groups in total. The van der Waals surface area contributed by atoms with Gasteiger partial charge >= 0.3 is 0 Å². The van der Waals surface area contributed by atoms with Gasteiger partial charge < -0.3 is 0 Å². The van der Waals surface area contributed by atoms with Crippen molar-refractivity contribution >= 4 is 43.2 Å². The van der Waals surface area contributed by atoms with Gasteiger partial charge in [-0.3, -0.25) is 0 Å². The lowest BCUT2D eigenvalue weighted by atomic mass is 9.67. The molecule has 0 aromatic heterocycles. The second-order valence-electron chi connectivity index (χ2n) is 8.11. The third-order valence-electron chi connectivity index (χ3n) is 6.42. The van der Waals surface area contributed by atoms with E-state index in [4.69, 9.17) is 0 Å². The number of fused-ring (bicyclic) bond motifs is 2. The van der Waals surface area contributed by atoms with E-state index in [9.17, 15) is 0 Å². The molecule has 21 heavy (non-hydrogen) atoms. The lowest BCUT2D eigenvalue weighted by molar-refractivity contribution is 0.216. The van der Waals surface area contributed by atoms with Crippen LogP contribution >= 0.6 is 43.2 Å². The highest BCUT2D eigenvalue weighted by Gasteiger charge is 2.62. The molecule has 0 aromatic rings. The van der Waals surface area contributed by atoms with Gasteiger partial charge in [0.1, 0.15) is 0 Å². The van der Waals surface area contributed by atoms with Crippen molar-refractivity contribution in [2.45, 2.75) is 80.3 Å². The summed E-state index contributed by atoms with van der Waals surface area (Å²) in [5.74, 6) is 0.685. The van der Waals surface area contributed by atoms with Crippen LogP contribution in [0.4, 0.5) is 0 Å². The smallest absolute Gasteiger partial charge is 0.0479 e. The quantitative estimate of drug-likeness (QED) is 0.399. The molecule has 1 saturated heterocycles. The summed E-state index contributed by atoms with van der Waals surface area (Å²) in [6.07, 6.45) is 9.34. The molecule has 0 spiro atoms. The normalized spacial score (nSPS) is 46.5. The minimum atomic E-state index is 0.235. The summed E-state index contributed by atoms with van der Waals surface area (Å²) in [5.41, 5.74) is 0.329. The minimum Gasteiger partial charge on any atom is -0.0901 e. The molecule has 3 aliphatic rings. The van der Waals surface area contributed by atoms with Crippen LogP contribution in [0.3, 0.4) is 0 Å². The molecule has 0 aromatic carbocycles. The van der Waals surface area contributed by atoms with Crippen molar-refractivity contribution < 1.29 is 0 Å². The van der Waals surface area contributed by atoms with Crippen LogP contribution in [0, 0.1) is 11.3 Å². The zero-order valence-electron chi connectivity index (χ0n) is 14.1. The molecule has 3 rings (SSSR count). The van der Waals surface area contributed by atoms with Crippen LogP contribution in [-0.2, 0) is 0 Å². The van der Waals surface area contributed by atoms with Crippen molar-refractivity contribution in [1.29, 1.82) is 0 Å². The zero-order chi connectivity index (χ0) is 15.5. The van der Waals surface area contributed by atoms with Crippen molar-refractivity contribution in [3.8, 4) is 0 Å². The lowest BCUT2D eigenvalue weighted by Gasteiger charge is -2.54. The molecule has 0 amide bonds. The number of rotatable bonds is 3. The first-order chi connectivity index (χ1) is 9.64. The molecular weight excluding hydrogens is 332 g/mol. The van der Waals surface area contributed by atoms with E-state index in [1.165, 1.54) is 19.3 Å². The summed E-state index contributed by atoms with van der Waals surface area (Å²) >= 11 is 0. The number of hydrogen-bond donors (Lipinski definition) is 0. The fourth-order valence-corrected chi connectivity index (χ4v) is 11.8. The van der Waals surface area contributed by atoms with Gasteiger partial charge in [-0.2, -0.15) is 0 Å². The topological polar surface area (TPSA) is 0 Å². The van der Waals surface area contributed by atoms with Crippen LogP contribution < -0.4 is 0 Å². The van der Waals surface area contributed by atoms with E-state index in [0.717, 1.165) is 5.25 Å². The molecule has 120 valence electrons. The molecule has 4 atom stereocenters. The van der Waals surface area contributed by atoms with Gasteiger partial charge in [0.2, 0.25) is 0 Å². The van der Waals surface area contributed by atoms with Crippen molar-refractivity contribution in [3.05, 3.63) is 12.2 Å². The molecule has 4 heteroatoms. The van der Waals surface area contributed by atoms with Crippen molar-refractivity contribution in [1.82, 2.24) is 0 Å². The molecular formula is C17H28S4. The zero-order valence-corrected chi connectivity index (χ0v) is 17.3. The van der Waals surface area contributed by atoms with E-state index < -0.39 is 0 Å². The fourth-order valence-electron chi connectivity index (χ4n) is 3.57. The predicted molar refractivity (Wildman–Crippen MR) is 105 cm³/mol. The Kier molecular flexibility index (Phi) is 4.30. The van der Waals surface area contributed by atoms with Gasteiger partial charge in [0.25, 0.3) is 0 Å². The van der Waals surface area contributed by atoms with Crippen LogP contribution in [0.25, 0.3) is 0 Å². The first kappa shape index (κ1) is 17.0. The van der Waals surface area contributed by atoms with Crippen LogP contribution in [0.2, 0.25) is 0 Å². The Morgan fingerprint density at radius 1 is 1.10 bits per heavy atom. The molecule has 2 fully saturated rings. The van der Waals surface area contributed by atoms with E-state index >= 15 is 0 Å². The summed E-state index contributed by atoms with van der Waals surface area (Å²) < 4.78 is 1.01. The van der Waals surface area contributed by atoms with E-state index in [-0.39, 0.29) is 9.49 Å². The van der Waals surface area contributed by atoms with Crippen molar-refractivity contribution in [2.24, 2.45) is 11.3 Å². The highest BCUT2D eigenvalue weighted by molar-refractivity contribution is 8.78. The Labute approximate surface area is 146 Å². The predicted octanol–water partition coefficient (Wildman–Crippen LogP) is 6.82. The van der Waals surface area contributed by atoms with Crippen LogP contribution in [0.5, 0.6) is 0 Å². The van der Waals surface area contributed by atoms with Crippen LogP contribution in [0.15, 0.2) is 12.2 Å². The maximum Gasteiger partial charge on any atom is 0.0479 e. The summed E-state index contributed by atoms with van der Waals surface area (Å²) in [5, 5.41) is 0.920. The first-order valence-electron chi connectivity index (χ1n) is 8.06. The number of hydrogen-bond acceptors (Lipinski definition) is 4. The maximum atomic E-state index is 2.56. The largest absolute Gasteiger partial charge is 0.0901 e. The monoisotopic (exact) mass is 360 g/mol. The van der Waals surface area contributed by atoms with E-state index in [2.05, 4.69) is 96.9 Å². The Hall–Kier alpha value is 1.14. The average molecular weight is 361 g/mol. The average Bonchev–Trinajstić information content (AvgIpc) is 3.04. The van der Waals surface area contributed by atoms with Gasteiger partial charge in [-0.25, -0.2) is 0 Å². The second kappa shape index (κ2) is 5.32. The highest BCUT2D eigenvalue weighted by atomic mass is 33.1. The molecule has 2 bridgehead atoms. The standard InChI is InChI=1S/C17H28S4/c1-12(2)15(5)9-10-16(6,20-19-15)14(3,4)17-8-7-13(11-17)18-21-17/h9-10,12-13H,7-8,11H2,1-6H3. The molecule has 0 nitrogen and oxygen atoms in total. The van der Waals surface area contributed by atoms with E-state index in [1.807, 2.05) is 0 Å². The minimum absolute atomic E-state index is 0.235. The van der Waals surface area contributed by atoms with Gasteiger partial charge in [-0.15, -0.1) is 0 Å². The molecule has 4 unspecified atom stereocenters. The maximum absolute atomic E-state index is 2.56. The summed E-state index contributed by atoms with van der Waals surface area (Å²) in [6, 6.07) is 0. The Morgan fingerprint density at radius 3 is 2.19 bits per heavy atom. The van der Waals surface area contributed by atoms with Gasteiger partial charge in [0.15, 0.2) is 0 Å². The van der Waals surface area contributed by atoms with Gasteiger partial charge in [0.05, 0.1) is 0 Å². The van der Waals surface area contributed by atoms with Crippen LogP contribution in [-0.4, -0.2) is 19.5 Å².